The van der Waals surface area contributed by atoms with Gasteiger partial charge in [0.15, 0.2) is 5.78 Å². The van der Waals surface area contributed by atoms with Crippen molar-refractivity contribution in [2.75, 3.05) is 7.05 Å². The summed E-state index contributed by atoms with van der Waals surface area (Å²) in [6.45, 7) is 1.57. The van der Waals surface area contributed by atoms with Gasteiger partial charge in [-0.2, -0.15) is 0 Å². The van der Waals surface area contributed by atoms with E-state index in [9.17, 15) is 4.79 Å². The summed E-state index contributed by atoms with van der Waals surface area (Å²) < 4.78 is 0. The van der Waals surface area contributed by atoms with E-state index in [2.05, 4.69) is 0 Å². The van der Waals surface area contributed by atoms with Gasteiger partial charge < -0.3 is 5.32 Å². The first-order chi connectivity index (χ1) is 5.24. The van der Waals surface area contributed by atoms with Crippen LogP contribution in [-0.4, -0.2) is 12.8 Å². The Morgan fingerprint density at radius 3 is 2.18 bits per heavy atom. The van der Waals surface area contributed by atoms with Gasteiger partial charge in [0.25, 0.3) is 0 Å². The molecule has 0 atom stereocenters. The molecule has 58 valence electrons. The molecule has 0 aromatic heterocycles. The van der Waals surface area contributed by atoms with Crippen LogP contribution in [0.3, 0.4) is 0 Å². The highest BCUT2D eigenvalue weighted by Crippen LogP contribution is 2.04. The highest BCUT2D eigenvalue weighted by atomic mass is 16.1. The molecule has 1 rings (SSSR count). The number of rotatable bonds is 2. The highest BCUT2D eigenvalue weighted by molar-refractivity contribution is 5.94. The molecule has 0 aliphatic rings. The van der Waals surface area contributed by atoms with Gasteiger partial charge in [-0.05, 0) is 31.2 Å². The van der Waals surface area contributed by atoms with E-state index in [1.54, 1.807) is 6.92 Å². The van der Waals surface area contributed by atoms with Crippen LogP contribution in [0.4, 0.5) is 5.69 Å². The number of ketones is 1. The van der Waals surface area contributed by atoms with Crippen molar-refractivity contribution in [3.05, 3.63) is 29.8 Å². The van der Waals surface area contributed by atoms with Crippen molar-refractivity contribution < 1.29 is 10.1 Å². The van der Waals surface area contributed by atoms with Crippen LogP contribution in [0.15, 0.2) is 24.3 Å². The first-order valence-electron chi connectivity index (χ1n) is 3.64. The quantitative estimate of drug-likeness (QED) is 0.489. The Balaban J connectivity index is 2.91. The van der Waals surface area contributed by atoms with Crippen LogP contribution in [0.5, 0.6) is 0 Å². The third kappa shape index (κ3) is 1.88. The molecular weight excluding hydrogens is 138 g/mol. The van der Waals surface area contributed by atoms with Gasteiger partial charge in [0.2, 0.25) is 0 Å². The minimum Gasteiger partial charge on any atom is -0.316 e. The number of carbonyl (C=O) groups excluding carboxylic acids is 1. The number of hydrogen-bond acceptors (Lipinski definition) is 1. The molecule has 0 fully saturated rings. The van der Waals surface area contributed by atoms with Crippen molar-refractivity contribution >= 4 is 11.5 Å². The fourth-order valence-electron chi connectivity index (χ4n) is 0.910. The van der Waals surface area contributed by atoms with Crippen LogP contribution in [-0.2, 0) is 0 Å². The normalized spacial score (nSPS) is 9.64. The number of nitrogens with two attached hydrogens (primary N) is 1. The van der Waals surface area contributed by atoms with Crippen LogP contribution >= 0.6 is 0 Å². The fraction of sp³-hybridized carbons (Fsp3) is 0.222. The van der Waals surface area contributed by atoms with Crippen LogP contribution in [0.1, 0.15) is 17.3 Å². The summed E-state index contributed by atoms with van der Waals surface area (Å²) in [4.78, 5) is 10.8. The number of hydrogen-bond donors (Lipinski definition) is 1. The third-order valence-electron chi connectivity index (χ3n) is 1.65. The maximum absolute atomic E-state index is 10.8. The number of carbonyl (C=O) groups is 1. The average molecular weight is 150 g/mol. The highest BCUT2D eigenvalue weighted by Gasteiger charge is 1.98. The molecule has 0 unspecified atom stereocenters. The Hall–Kier alpha value is -1.15. The molecule has 0 heterocycles. The maximum Gasteiger partial charge on any atom is 0.159 e. The number of Topliss-reactive ketones (excluding diaryl/α,β-unsaturated/α-hetero) is 1. The summed E-state index contributed by atoms with van der Waals surface area (Å²) in [5, 5.41) is 2.00. The molecule has 2 heteroatoms. The summed E-state index contributed by atoms with van der Waals surface area (Å²) in [6.07, 6.45) is 0. The van der Waals surface area contributed by atoms with Crippen molar-refractivity contribution in [3.8, 4) is 0 Å². The van der Waals surface area contributed by atoms with Gasteiger partial charge in [-0.3, -0.25) is 4.79 Å². The monoisotopic (exact) mass is 150 g/mol. The van der Waals surface area contributed by atoms with Gasteiger partial charge in [-0.1, -0.05) is 0 Å². The molecule has 2 N–H and O–H groups in total. The Morgan fingerprint density at radius 1 is 1.27 bits per heavy atom. The lowest BCUT2D eigenvalue weighted by Crippen LogP contribution is -2.72. The van der Waals surface area contributed by atoms with Crippen LogP contribution < -0.4 is 5.32 Å². The predicted octanol–water partition coefficient (Wildman–Crippen LogP) is 0.714. The zero-order valence-electron chi connectivity index (χ0n) is 6.79. The Morgan fingerprint density at radius 2 is 1.82 bits per heavy atom. The summed E-state index contributed by atoms with van der Waals surface area (Å²) >= 11 is 0. The molecule has 0 radical (unpaired) electrons. The van der Waals surface area contributed by atoms with Gasteiger partial charge in [0.1, 0.15) is 5.69 Å². The maximum atomic E-state index is 10.8. The molecule has 0 saturated heterocycles. The minimum absolute atomic E-state index is 0.118. The molecule has 1 aromatic carbocycles. The molecule has 0 bridgehead atoms. The first-order valence-corrected chi connectivity index (χ1v) is 3.64. The van der Waals surface area contributed by atoms with Crippen molar-refractivity contribution in [3.63, 3.8) is 0 Å². The molecule has 0 amide bonds. The van der Waals surface area contributed by atoms with E-state index in [-0.39, 0.29) is 5.78 Å². The van der Waals surface area contributed by atoms with E-state index in [1.807, 2.05) is 36.6 Å². The summed E-state index contributed by atoms with van der Waals surface area (Å²) in [7, 11) is 1.97. The minimum atomic E-state index is 0.118. The molecule has 0 aliphatic carbocycles. The van der Waals surface area contributed by atoms with E-state index < -0.39 is 0 Å². The predicted molar refractivity (Wildman–Crippen MR) is 44.0 cm³/mol. The first kappa shape index (κ1) is 7.95. The molecule has 0 aliphatic heterocycles. The Kier molecular flexibility index (Phi) is 2.39. The molecule has 1 aromatic rings. The largest absolute Gasteiger partial charge is 0.316 e. The topological polar surface area (TPSA) is 33.7 Å². The van der Waals surface area contributed by atoms with E-state index in [0.717, 1.165) is 11.3 Å². The lowest BCUT2D eigenvalue weighted by molar-refractivity contribution is -0.539. The van der Waals surface area contributed by atoms with Crippen molar-refractivity contribution in [1.29, 1.82) is 0 Å². The molecule has 0 saturated carbocycles. The second kappa shape index (κ2) is 3.30. The van der Waals surface area contributed by atoms with E-state index in [0.29, 0.717) is 0 Å². The summed E-state index contributed by atoms with van der Waals surface area (Å²) in [5.41, 5.74) is 1.92. The van der Waals surface area contributed by atoms with E-state index in [1.165, 1.54) is 0 Å². The van der Waals surface area contributed by atoms with Gasteiger partial charge in [-0.25, -0.2) is 0 Å². The van der Waals surface area contributed by atoms with Crippen molar-refractivity contribution in [2.24, 2.45) is 0 Å². The Labute approximate surface area is 66.2 Å². The van der Waals surface area contributed by atoms with Gasteiger partial charge >= 0.3 is 0 Å². The lowest BCUT2D eigenvalue weighted by atomic mass is 10.1. The zero-order chi connectivity index (χ0) is 8.27. The van der Waals surface area contributed by atoms with Crippen LogP contribution in [0.2, 0.25) is 0 Å². The molecular formula is C9H12NO+. The Bertz CT molecular complexity index is 251. The van der Waals surface area contributed by atoms with Gasteiger partial charge in [0.05, 0.1) is 7.05 Å². The third-order valence-corrected chi connectivity index (χ3v) is 1.65. The molecule has 2 nitrogen and oxygen atoms in total. The number of quaternary nitrogens is 1. The van der Waals surface area contributed by atoms with Crippen molar-refractivity contribution in [2.45, 2.75) is 6.92 Å². The second-order valence-electron chi connectivity index (χ2n) is 2.47. The SMILES string of the molecule is C[NH2+]c1ccc(C(C)=O)cc1. The number of benzene rings is 1. The molecule has 11 heavy (non-hydrogen) atoms. The fourth-order valence-corrected chi connectivity index (χ4v) is 0.910. The van der Waals surface area contributed by atoms with Gasteiger partial charge in [0, 0.05) is 5.56 Å². The lowest BCUT2D eigenvalue weighted by Gasteiger charge is -1.95. The standard InChI is InChI=1S/C9H11NO/c1-7(11)8-3-5-9(10-2)6-4-8/h3-6,10H,1-2H3/p+1. The smallest absolute Gasteiger partial charge is 0.159 e. The van der Waals surface area contributed by atoms with Crippen LogP contribution in [0, 0.1) is 0 Å². The summed E-state index contributed by atoms with van der Waals surface area (Å²) in [6, 6.07) is 7.57. The summed E-state index contributed by atoms with van der Waals surface area (Å²) in [5.74, 6) is 0.118. The average Bonchev–Trinajstić information content (AvgIpc) is 2.05. The van der Waals surface area contributed by atoms with Gasteiger partial charge in [-0.15, -0.1) is 0 Å². The zero-order valence-corrected chi connectivity index (χ0v) is 6.79. The van der Waals surface area contributed by atoms with E-state index >= 15 is 0 Å². The second-order valence-corrected chi connectivity index (χ2v) is 2.47. The van der Waals surface area contributed by atoms with Crippen molar-refractivity contribution in [1.82, 2.24) is 0 Å². The molecule has 0 spiro atoms. The van der Waals surface area contributed by atoms with E-state index in [4.69, 9.17) is 0 Å². The van der Waals surface area contributed by atoms with Crippen LogP contribution in [0.25, 0.3) is 0 Å².